The second-order valence-electron chi connectivity index (χ2n) is 8.15. The van der Waals surface area contributed by atoms with Crippen LogP contribution >= 0.6 is 0 Å². The molecule has 0 aliphatic carbocycles. The van der Waals surface area contributed by atoms with E-state index in [0.29, 0.717) is 28.9 Å². The van der Waals surface area contributed by atoms with Gasteiger partial charge in [-0.05, 0) is 37.1 Å². The lowest BCUT2D eigenvalue weighted by Gasteiger charge is -2.28. The molecule has 1 aromatic heterocycles. The van der Waals surface area contributed by atoms with Gasteiger partial charge in [0.15, 0.2) is 0 Å². The van der Waals surface area contributed by atoms with Crippen LogP contribution in [0.1, 0.15) is 18.1 Å². The summed E-state index contributed by atoms with van der Waals surface area (Å²) in [7, 11) is 1.36. The van der Waals surface area contributed by atoms with Crippen LogP contribution in [0.15, 0.2) is 39.6 Å². The number of hydrogen-bond donors (Lipinski definition) is 5. The minimum absolute atomic E-state index is 0.153. The van der Waals surface area contributed by atoms with Crippen LogP contribution in [0.5, 0.6) is 5.75 Å². The molecule has 0 saturated heterocycles. The molecule has 10 heteroatoms. The summed E-state index contributed by atoms with van der Waals surface area (Å²) in [6.45, 7) is 6.42. The summed E-state index contributed by atoms with van der Waals surface area (Å²) in [5.74, 6) is -0.0210. The van der Waals surface area contributed by atoms with Gasteiger partial charge < -0.3 is 39.6 Å². The quantitative estimate of drug-likeness (QED) is 0.217. The van der Waals surface area contributed by atoms with Gasteiger partial charge in [-0.2, -0.15) is 0 Å². The van der Waals surface area contributed by atoms with Gasteiger partial charge in [0.1, 0.15) is 42.4 Å². The molecular formula is C23H31NO9. The number of benzene rings is 1. The lowest BCUT2D eigenvalue weighted by Crippen LogP contribution is -2.50. The second kappa shape index (κ2) is 11.4. The average molecular weight is 465 g/mol. The fourth-order valence-electron chi connectivity index (χ4n) is 3.21. The van der Waals surface area contributed by atoms with Gasteiger partial charge in [0.05, 0.1) is 18.6 Å². The summed E-state index contributed by atoms with van der Waals surface area (Å²) in [6, 6.07) is 5.04. The third-order valence-corrected chi connectivity index (χ3v) is 5.28. The number of amides is 1. The molecule has 0 bridgehead atoms. The van der Waals surface area contributed by atoms with Crippen LogP contribution in [0.2, 0.25) is 0 Å². The predicted octanol–water partition coefficient (Wildman–Crippen LogP) is -0.507. The van der Waals surface area contributed by atoms with Crippen LogP contribution in [0, 0.1) is 6.92 Å². The first kappa shape index (κ1) is 26.5. The van der Waals surface area contributed by atoms with Crippen molar-refractivity contribution in [1.82, 2.24) is 4.90 Å². The number of aryl methyl sites for hydroxylation is 1. The van der Waals surface area contributed by atoms with E-state index in [1.54, 1.807) is 25.1 Å². The SMILES string of the molecule is C=C(C)COc1ccc2c(C)c(CC(=O)N(C)CC(O)C(O)C(O)C(O)CO)c(=O)oc2c1. The molecule has 0 aliphatic rings. The number of aliphatic hydroxyl groups is 5. The highest BCUT2D eigenvalue weighted by Crippen LogP contribution is 2.25. The van der Waals surface area contributed by atoms with Crippen molar-refractivity contribution < 1.29 is 39.5 Å². The molecule has 2 aromatic rings. The Morgan fingerprint density at radius 1 is 1.18 bits per heavy atom. The van der Waals surface area contributed by atoms with E-state index < -0.39 is 42.6 Å². The van der Waals surface area contributed by atoms with E-state index in [0.717, 1.165) is 10.5 Å². The van der Waals surface area contributed by atoms with Crippen molar-refractivity contribution in [3.63, 3.8) is 0 Å². The van der Waals surface area contributed by atoms with Crippen LogP contribution in [-0.2, 0) is 11.2 Å². The van der Waals surface area contributed by atoms with Crippen molar-refractivity contribution in [3.8, 4) is 5.75 Å². The van der Waals surface area contributed by atoms with Crippen molar-refractivity contribution in [2.24, 2.45) is 0 Å². The average Bonchev–Trinajstić information content (AvgIpc) is 2.78. The molecule has 182 valence electrons. The van der Waals surface area contributed by atoms with E-state index in [4.69, 9.17) is 14.3 Å². The smallest absolute Gasteiger partial charge is 0.340 e. The number of rotatable bonds is 11. The molecule has 2 rings (SSSR count). The number of fused-ring (bicyclic) bond motifs is 1. The van der Waals surface area contributed by atoms with Crippen LogP contribution in [0.3, 0.4) is 0 Å². The highest BCUT2D eigenvalue weighted by atomic mass is 16.5. The molecule has 0 fully saturated rings. The Hall–Kier alpha value is -2.76. The maximum absolute atomic E-state index is 12.6. The Bertz CT molecular complexity index is 1050. The van der Waals surface area contributed by atoms with Crippen molar-refractivity contribution in [3.05, 3.63) is 51.9 Å². The molecule has 0 aliphatic heterocycles. The molecule has 33 heavy (non-hydrogen) atoms. The van der Waals surface area contributed by atoms with Gasteiger partial charge in [-0.15, -0.1) is 0 Å². The molecule has 1 aromatic carbocycles. The Morgan fingerprint density at radius 2 is 1.82 bits per heavy atom. The third kappa shape index (κ3) is 6.62. The van der Waals surface area contributed by atoms with Gasteiger partial charge in [0.25, 0.3) is 0 Å². The van der Waals surface area contributed by atoms with Crippen LogP contribution < -0.4 is 10.4 Å². The van der Waals surface area contributed by atoms with E-state index in [9.17, 15) is 30.0 Å². The van der Waals surface area contributed by atoms with E-state index in [-0.39, 0.29) is 18.5 Å². The lowest BCUT2D eigenvalue weighted by atomic mass is 10.0. The second-order valence-corrected chi connectivity index (χ2v) is 8.15. The summed E-state index contributed by atoms with van der Waals surface area (Å²) < 4.78 is 11.0. The Kier molecular flexibility index (Phi) is 9.15. The minimum atomic E-state index is -1.80. The summed E-state index contributed by atoms with van der Waals surface area (Å²) >= 11 is 0. The van der Waals surface area contributed by atoms with Crippen LogP contribution in [0.4, 0.5) is 0 Å². The first-order valence-electron chi connectivity index (χ1n) is 10.4. The van der Waals surface area contributed by atoms with Gasteiger partial charge in [0, 0.05) is 25.0 Å². The van der Waals surface area contributed by atoms with Crippen molar-refractivity contribution >= 4 is 16.9 Å². The molecule has 1 heterocycles. The summed E-state index contributed by atoms with van der Waals surface area (Å²) in [4.78, 5) is 26.3. The Labute approximate surface area is 191 Å². The number of carbonyl (C=O) groups is 1. The maximum Gasteiger partial charge on any atom is 0.340 e. The molecule has 0 radical (unpaired) electrons. The maximum atomic E-state index is 12.6. The zero-order valence-corrected chi connectivity index (χ0v) is 18.9. The van der Waals surface area contributed by atoms with Crippen LogP contribution in [-0.4, -0.2) is 87.6 Å². The fourth-order valence-corrected chi connectivity index (χ4v) is 3.21. The Morgan fingerprint density at radius 3 is 2.42 bits per heavy atom. The predicted molar refractivity (Wildman–Crippen MR) is 120 cm³/mol. The van der Waals surface area contributed by atoms with Gasteiger partial charge in [-0.3, -0.25) is 4.79 Å². The number of nitrogens with zero attached hydrogens (tertiary/aromatic N) is 1. The fraction of sp³-hybridized carbons (Fsp3) is 0.478. The third-order valence-electron chi connectivity index (χ3n) is 5.28. The summed E-state index contributed by atoms with van der Waals surface area (Å²) in [5, 5.41) is 48.6. The molecule has 4 unspecified atom stereocenters. The number of aliphatic hydroxyl groups excluding tert-OH is 5. The zero-order chi connectivity index (χ0) is 24.9. The standard InChI is InChI=1S/C23H31NO9/c1-12(2)11-32-14-5-6-15-13(3)16(23(31)33-19(15)7-14)8-20(28)24(4)9-17(26)21(29)22(30)18(27)10-25/h5-7,17-18,21-22,25-27,29-30H,1,8-11H2,2-4H3. The lowest BCUT2D eigenvalue weighted by molar-refractivity contribution is -0.137. The van der Waals surface area contributed by atoms with Crippen molar-refractivity contribution in [2.45, 2.75) is 44.7 Å². The van der Waals surface area contributed by atoms with Crippen molar-refractivity contribution in [2.75, 3.05) is 26.8 Å². The van der Waals surface area contributed by atoms with Gasteiger partial charge in [-0.25, -0.2) is 4.79 Å². The highest BCUT2D eigenvalue weighted by Gasteiger charge is 2.31. The van der Waals surface area contributed by atoms with E-state index in [1.165, 1.54) is 7.05 Å². The molecule has 4 atom stereocenters. The number of hydrogen-bond acceptors (Lipinski definition) is 9. The normalized spacial score (nSPS) is 15.0. The molecular weight excluding hydrogens is 434 g/mol. The molecule has 1 amide bonds. The summed E-state index contributed by atoms with van der Waals surface area (Å²) in [6.07, 6.45) is -7.14. The van der Waals surface area contributed by atoms with Crippen molar-refractivity contribution in [1.29, 1.82) is 0 Å². The number of carbonyl (C=O) groups excluding carboxylic acids is 1. The van der Waals surface area contributed by atoms with Gasteiger partial charge in [-0.1, -0.05) is 6.58 Å². The van der Waals surface area contributed by atoms with E-state index in [1.807, 2.05) is 6.92 Å². The topological polar surface area (TPSA) is 161 Å². The van der Waals surface area contributed by atoms with E-state index in [2.05, 4.69) is 6.58 Å². The minimum Gasteiger partial charge on any atom is -0.489 e. The first-order chi connectivity index (χ1) is 15.5. The molecule has 10 nitrogen and oxygen atoms in total. The molecule has 0 spiro atoms. The molecule has 5 N–H and O–H groups in total. The molecule has 0 saturated carbocycles. The highest BCUT2D eigenvalue weighted by molar-refractivity contribution is 5.85. The summed E-state index contributed by atoms with van der Waals surface area (Å²) in [5.41, 5.74) is 1.19. The van der Waals surface area contributed by atoms with Gasteiger partial charge >= 0.3 is 5.63 Å². The van der Waals surface area contributed by atoms with Gasteiger partial charge in [0.2, 0.25) is 5.91 Å². The monoisotopic (exact) mass is 465 g/mol. The number of likely N-dealkylation sites (N-methyl/N-ethyl adjacent to an activating group) is 1. The van der Waals surface area contributed by atoms with E-state index >= 15 is 0 Å². The largest absolute Gasteiger partial charge is 0.489 e. The van der Waals surface area contributed by atoms with Crippen LogP contribution in [0.25, 0.3) is 11.0 Å². The zero-order valence-electron chi connectivity index (χ0n) is 18.9. The first-order valence-corrected chi connectivity index (χ1v) is 10.4. The number of ether oxygens (including phenoxy) is 1. The Balaban J connectivity index is 2.15.